The van der Waals surface area contributed by atoms with E-state index in [1.54, 1.807) is 25.5 Å². The second-order valence-electron chi connectivity index (χ2n) is 4.94. The van der Waals surface area contributed by atoms with Crippen LogP contribution in [0.4, 0.5) is 0 Å². The van der Waals surface area contributed by atoms with Gasteiger partial charge in [-0.05, 0) is 52.9 Å². The van der Waals surface area contributed by atoms with Crippen LogP contribution >= 0.6 is 11.3 Å². The third-order valence-corrected chi connectivity index (χ3v) is 4.06. The summed E-state index contributed by atoms with van der Waals surface area (Å²) in [5.41, 5.74) is 2.58. The summed E-state index contributed by atoms with van der Waals surface area (Å²) in [6.07, 6.45) is 2.07. The third kappa shape index (κ3) is 5.41. The van der Waals surface area contributed by atoms with Gasteiger partial charge in [-0.25, -0.2) is 0 Å². The Morgan fingerprint density at radius 1 is 1.23 bits per heavy atom. The molecule has 1 heterocycles. The normalized spacial score (nSPS) is 11.3. The van der Waals surface area contributed by atoms with Crippen LogP contribution in [0.3, 0.4) is 0 Å². The first-order chi connectivity index (χ1) is 10.8. The SMILES string of the molecule is CN=C(NCCCc1cccc(OC)c1)NCc1ccsc1. The Hall–Kier alpha value is -2.01. The smallest absolute Gasteiger partial charge is 0.191 e. The molecule has 22 heavy (non-hydrogen) atoms. The number of nitrogens with one attached hydrogen (secondary N) is 2. The lowest BCUT2D eigenvalue weighted by Gasteiger charge is -2.11. The third-order valence-electron chi connectivity index (χ3n) is 3.33. The highest BCUT2D eigenvalue weighted by molar-refractivity contribution is 7.07. The molecule has 0 radical (unpaired) electrons. The van der Waals surface area contributed by atoms with E-state index >= 15 is 0 Å². The number of nitrogens with zero attached hydrogens (tertiary/aromatic N) is 1. The van der Waals surface area contributed by atoms with Gasteiger partial charge < -0.3 is 15.4 Å². The summed E-state index contributed by atoms with van der Waals surface area (Å²) in [7, 11) is 3.49. The standard InChI is InChI=1S/C17H23N3OS/c1-18-17(20-12-15-8-10-22-13-15)19-9-4-6-14-5-3-7-16(11-14)21-2/h3,5,7-8,10-11,13H,4,6,9,12H2,1-2H3,(H2,18,19,20). The van der Waals surface area contributed by atoms with Gasteiger partial charge in [0.1, 0.15) is 5.75 Å². The Morgan fingerprint density at radius 2 is 2.14 bits per heavy atom. The molecule has 0 saturated carbocycles. The molecule has 0 atom stereocenters. The molecule has 2 N–H and O–H groups in total. The monoisotopic (exact) mass is 317 g/mol. The zero-order valence-electron chi connectivity index (χ0n) is 13.1. The fraction of sp³-hybridized carbons (Fsp3) is 0.353. The van der Waals surface area contributed by atoms with Crippen molar-refractivity contribution in [3.8, 4) is 5.75 Å². The molecular formula is C17H23N3OS. The van der Waals surface area contributed by atoms with Crippen molar-refractivity contribution in [2.75, 3.05) is 20.7 Å². The molecule has 0 spiro atoms. The van der Waals surface area contributed by atoms with Crippen molar-refractivity contribution in [3.63, 3.8) is 0 Å². The second-order valence-corrected chi connectivity index (χ2v) is 5.72. The molecule has 1 aromatic heterocycles. The van der Waals surface area contributed by atoms with Crippen LogP contribution in [0.5, 0.6) is 5.75 Å². The summed E-state index contributed by atoms with van der Waals surface area (Å²) in [4.78, 5) is 4.24. The summed E-state index contributed by atoms with van der Waals surface area (Å²) in [6, 6.07) is 10.3. The van der Waals surface area contributed by atoms with Gasteiger partial charge in [0.15, 0.2) is 5.96 Å². The number of methoxy groups -OCH3 is 1. The Balaban J connectivity index is 1.68. The van der Waals surface area contributed by atoms with Gasteiger partial charge in [-0.3, -0.25) is 4.99 Å². The van der Waals surface area contributed by atoms with Gasteiger partial charge in [0.2, 0.25) is 0 Å². The molecule has 2 rings (SSSR count). The molecule has 0 aliphatic rings. The predicted molar refractivity (Wildman–Crippen MR) is 93.8 cm³/mol. The fourth-order valence-electron chi connectivity index (χ4n) is 2.13. The molecule has 118 valence electrons. The number of rotatable bonds is 7. The Bertz CT molecular complexity index is 581. The molecule has 0 bridgehead atoms. The minimum Gasteiger partial charge on any atom is -0.497 e. The van der Waals surface area contributed by atoms with Crippen LogP contribution in [0.2, 0.25) is 0 Å². The maximum atomic E-state index is 5.24. The van der Waals surface area contributed by atoms with Gasteiger partial charge >= 0.3 is 0 Å². The highest BCUT2D eigenvalue weighted by atomic mass is 32.1. The number of hydrogen-bond donors (Lipinski definition) is 2. The van der Waals surface area contributed by atoms with Crippen LogP contribution in [0.15, 0.2) is 46.1 Å². The summed E-state index contributed by atoms with van der Waals surface area (Å²) in [5, 5.41) is 10.9. The Labute approximate surface area is 136 Å². The van der Waals surface area contributed by atoms with Crippen molar-refractivity contribution in [2.45, 2.75) is 19.4 Å². The summed E-state index contributed by atoms with van der Waals surface area (Å²) < 4.78 is 5.24. The van der Waals surface area contributed by atoms with Crippen LogP contribution < -0.4 is 15.4 Å². The van der Waals surface area contributed by atoms with Gasteiger partial charge in [0, 0.05) is 20.1 Å². The number of ether oxygens (including phenoxy) is 1. The molecule has 5 heteroatoms. The minimum atomic E-state index is 0.805. The number of benzene rings is 1. The fourth-order valence-corrected chi connectivity index (χ4v) is 2.80. The van der Waals surface area contributed by atoms with Crippen molar-refractivity contribution >= 4 is 17.3 Å². The Kier molecular flexibility index (Phi) is 6.77. The number of thiophene rings is 1. The molecule has 1 aromatic carbocycles. The maximum Gasteiger partial charge on any atom is 0.191 e. The topological polar surface area (TPSA) is 45.7 Å². The highest BCUT2D eigenvalue weighted by Gasteiger charge is 2.00. The first kappa shape index (κ1) is 16.4. The molecule has 0 amide bonds. The average Bonchev–Trinajstić information content (AvgIpc) is 3.08. The van der Waals surface area contributed by atoms with E-state index in [9.17, 15) is 0 Å². The second kappa shape index (κ2) is 9.10. The van der Waals surface area contributed by atoms with E-state index in [1.807, 2.05) is 12.1 Å². The van der Waals surface area contributed by atoms with Gasteiger partial charge in [0.05, 0.1) is 7.11 Å². The molecule has 0 saturated heterocycles. The minimum absolute atomic E-state index is 0.805. The summed E-state index contributed by atoms with van der Waals surface area (Å²) in [6.45, 7) is 1.69. The maximum absolute atomic E-state index is 5.24. The van der Waals surface area contributed by atoms with E-state index in [0.29, 0.717) is 0 Å². The van der Waals surface area contributed by atoms with Crippen molar-refractivity contribution in [1.29, 1.82) is 0 Å². The summed E-state index contributed by atoms with van der Waals surface area (Å²) in [5.74, 6) is 1.76. The number of aryl methyl sites for hydroxylation is 1. The van der Waals surface area contributed by atoms with Gasteiger partial charge in [0.25, 0.3) is 0 Å². The first-order valence-corrected chi connectivity index (χ1v) is 8.34. The molecule has 0 unspecified atom stereocenters. The summed E-state index contributed by atoms with van der Waals surface area (Å²) >= 11 is 1.71. The first-order valence-electron chi connectivity index (χ1n) is 7.40. The van der Waals surface area contributed by atoms with Crippen LogP contribution in [0, 0.1) is 0 Å². The lowest BCUT2D eigenvalue weighted by molar-refractivity contribution is 0.414. The van der Waals surface area contributed by atoms with Crippen molar-refractivity contribution in [1.82, 2.24) is 10.6 Å². The van der Waals surface area contributed by atoms with E-state index in [0.717, 1.165) is 37.6 Å². The van der Waals surface area contributed by atoms with Crippen LogP contribution in [0.25, 0.3) is 0 Å². The molecular weight excluding hydrogens is 294 g/mol. The van der Waals surface area contributed by atoms with Crippen molar-refractivity contribution in [3.05, 3.63) is 52.2 Å². The van der Waals surface area contributed by atoms with E-state index < -0.39 is 0 Å². The lowest BCUT2D eigenvalue weighted by Crippen LogP contribution is -2.37. The lowest BCUT2D eigenvalue weighted by atomic mass is 10.1. The molecule has 2 aromatic rings. The quantitative estimate of drug-likeness (QED) is 0.469. The van der Waals surface area contributed by atoms with E-state index in [1.165, 1.54) is 11.1 Å². The highest BCUT2D eigenvalue weighted by Crippen LogP contribution is 2.13. The zero-order valence-corrected chi connectivity index (χ0v) is 14.0. The van der Waals surface area contributed by atoms with E-state index in [4.69, 9.17) is 4.74 Å². The van der Waals surface area contributed by atoms with Crippen molar-refractivity contribution in [2.24, 2.45) is 4.99 Å². The zero-order chi connectivity index (χ0) is 15.6. The molecule has 0 aliphatic carbocycles. The number of aliphatic imine (C=N–C) groups is 1. The molecule has 0 aliphatic heterocycles. The van der Waals surface area contributed by atoms with Gasteiger partial charge in [-0.15, -0.1) is 0 Å². The van der Waals surface area contributed by atoms with Gasteiger partial charge in [-0.2, -0.15) is 11.3 Å². The number of hydrogen-bond acceptors (Lipinski definition) is 3. The molecule has 4 nitrogen and oxygen atoms in total. The largest absolute Gasteiger partial charge is 0.497 e. The van der Waals surface area contributed by atoms with E-state index in [-0.39, 0.29) is 0 Å². The van der Waals surface area contributed by atoms with Gasteiger partial charge in [-0.1, -0.05) is 12.1 Å². The number of guanidine groups is 1. The predicted octanol–water partition coefficient (Wildman–Crippen LogP) is 3.05. The van der Waals surface area contributed by atoms with Crippen LogP contribution in [-0.4, -0.2) is 26.7 Å². The van der Waals surface area contributed by atoms with E-state index in [2.05, 4.69) is 44.6 Å². The van der Waals surface area contributed by atoms with Crippen LogP contribution in [0.1, 0.15) is 17.5 Å². The Morgan fingerprint density at radius 3 is 2.86 bits per heavy atom. The average molecular weight is 317 g/mol. The van der Waals surface area contributed by atoms with Crippen molar-refractivity contribution < 1.29 is 4.74 Å². The van der Waals surface area contributed by atoms with Crippen LogP contribution in [-0.2, 0) is 13.0 Å². The molecule has 0 fully saturated rings.